The lowest BCUT2D eigenvalue weighted by Crippen LogP contribution is -1.87. The van der Waals surface area contributed by atoms with E-state index in [0.717, 1.165) is 49.8 Å². The Morgan fingerprint density at radius 3 is 1.66 bits per heavy atom. The lowest BCUT2D eigenvalue weighted by molar-refractivity contribution is 0.668. The topological polar surface area (TPSA) is 51.8 Å². The second-order valence-corrected chi connectivity index (χ2v) is 11.9. The zero-order valence-corrected chi connectivity index (χ0v) is 24.3. The van der Waals surface area contributed by atoms with Crippen molar-refractivity contribution >= 4 is 53.4 Å². The molecule has 4 nitrogen and oxygen atoms in total. The summed E-state index contributed by atoms with van der Waals surface area (Å²) in [7, 11) is 0. The average molecular weight is 582 g/mol. The molecule has 0 aliphatic rings. The third-order valence-corrected chi connectivity index (χ3v) is 9.68. The third kappa shape index (κ3) is 3.94. The van der Waals surface area contributed by atoms with E-state index in [1.54, 1.807) is 6.20 Å². The minimum absolute atomic E-state index is 0.805. The second-order valence-electron chi connectivity index (χ2n) is 10.9. The maximum atomic E-state index is 6.40. The first-order chi connectivity index (χ1) is 21.8. The third-order valence-electron chi connectivity index (χ3n) is 8.39. The molecular formula is C39H23N3OS. The summed E-state index contributed by atoms with van der Waals surface area (Å²) in [4.78, 5) is 12.8. The Hall–Kier alpha value is -5.65. The van der Waals surface area contributed by atoms with Gasteiger partial charge in [0.2, 0.25) is 0 Å². The summed E-state index contributed by atoms with van der Waals surface area (Å²) in [5, 5.41) is 4.70. The fourth-order valence-corrected chi connectivity index (χ4v) is 7.69. The van der Waals surface area contributed by atoms with E-state index in [2.05, 4.69) is 112 Å². The summed E-state index contributed by atoms with van der Waals surface area (Å²) in [6, 6.07) is 36.8. The summed E-state index contributed by atoms with van der Waals surface area (Å²) >= 11 is 1.85. The first kappa shape index (κ1) is 24.9. The number of hydrogen-bond acceptors (Lipinski definition) is 5. The fourth-order valence-electron chi connectivity index (χ4n) is 6.33. The highest BCUT2D eigenvalue weighted by atomic mass is 32.1. The summed E-state index contributed by atoms with van der Waals surface area (Å²) < 4.78 is 8.92. The maximum absolute atomic E-state index is 6.40. The highest BCUT2D eigenvalue weighted by Gasteiger charge is 2.18. The Morgan fingerprint density at radius 1 is 0.432 bits per heavy atom. The van der Waals surface area contributed by atoms with Crippen LogP contribution < -0.4 is 0 Å². The van der Waals surface area contributed by atoms with Crippen LogP contribution in [0.25, 0.3) is 86.6 Å². The number of benzene rings is 4. The Morgan fingerprint density at radius 2 is 0.977 bits per heavy atom. The fraction of sp³-hybridized carbons (Fsp3) is 0. The van der Waals surface area contributed by atoms with Gasteiger partial charge in [0.15, 0.2) is 5.58 Å². The molecule has 9 rings (SSSR count). The summed E-state index contributed by atoms with van der Waals surface area (Å²) in [6.07, 6.45) is 11.0. The van der Waals surface area contributed by atoms with Crippen molar-refractivity contribution in [3.8, 4) is 44.5 Å². The molecule has 5 aromatic heterocycles. The molecule has 0 fully saturated rings. The number of fused-ring (bicyclic) bond motifs is 6. The van der Waals surface area contributed by atoms with Gasteiger partial charge in [-0.3, -0.25) is 15.0 Å². The predicted octanol–water partition coefficient (Wildman–Crippen LogP) is 10.8. The maximum Gasteiger partial charge on any atom is 0.153 e. The molecular weight excluding hydrogens is 559 g/mol. The summed E-state index contributed by atoms with van der Waals surface area (Å²) in [5.74, 6) is 0. The molecule has 5 heterocycles. The highest BCUT2D eigenvalue weighted by Crippen LogP contribution is 2.46. The molecule has 0 saturated heterocycles. The van der Waals surface area contributed by atoms with Gasteiger partial charge in [0.05, 0.1) is 6.20 Å². The predicted molar refractivity (Wildman–Crippen MR) is 182 cm³/mol. The van der Waals surface area contributed by atoms with Crippen LogP contribution in [0.4, 0.5) is 0 Å². The molecule has 4 aromatic carbocycles. The number of rotatable bonds is 4. The first-order valence-corrected chi connectivity index (χ1v) is 15.3. The first-order valence-electron chi connectivity index (χ1n) is 14.5. The molecule has 0 spiro atoms. The normalized spacial score (nSPS) is 11.6. The Kier molecular flexibility index (Phi) is 5.64. The minimum atomic E-state index is 0.805. The van der Waals surface area contributed by atoms with Gasteiger partial charge in [-0.2, -0.15) is 0 Å². The minimum Gasteiger partial charge on any atom is -0.454 e. The van der Waals surface area contributed by atoms with Gasteiger partial charge < -0.3 is 4.42 Å². The van der Waals surface area contributed by atoms with Crippen LogP contribution in [-0.2, 0) is 0 Å². The van der Waals surface area contributed by atoms with Crippen LogP contribution in [0.15, 0.2) is 145 Å². The molecule has 0 saturated carbocycles. The summed E-state index contributed by atoms with van der Waals surface area (Å²) in [5.41, 5.74) is 10.9. The van der Waals surface area contributed by atoms with E-state index in [0.29, 0.717) is 0 Å². The van der Waals surface area contributed by atoms with E-state index in [4.69, 9.17) is 4.42 Å². The molecule has 0 unspecified atom stereocenters. The van der Waals surface area contributed by atoms with Crippen LogP contribution >= 0.6 is 11.3 Å². The van der Waals surface area contributed by atoms with Crippen molar-refractivity contribution in [2.45, 2.75) is 0 Å². The van der Waals surface area contributed by atoms with E-state index in [1.807, 2.05) is 48.4 Å². The van der Waals surface area contributed by atoms with Crippen molar-refractivity contribution in [1.29, 1.82) is 0 Å². The van der Waals surface area contributed by atoms with Crippen molar-refractivity contribution < 1.29 is 4.42 Å². The highest BCUT2D eigenvalue weighted by molar-refractivity contribution is 7.26. The number of pyridine rings is 3. The number of furan rings is 1. The van der Waals surface area contributed by atoms with Crippen LogP contribution in [0.1, 0.15) is 0 Å². The smallest absolute Gasteiger partial charge is 0.153 e. The van der Waals surface area contributed by atoms with Gasteiger partial charge in [-0.15, -0.1) is 11.3 Å². The number of aromatic nitrogens is 3. The van der Waals surface area contributed by atoms with Gasteiger partial charge in [-0.1, -0.05) is 54.6 Å². The molecule has 0 aliphatic carbocycles. The lowest BCUT2D eigenvalue weighted by Gasteiger charge is -2.12. The molecule has 5 heteroatoms. The van der Waals surface area contributed by atoms with Crippen LogP contribution in [0, 0.1) is 0 Å². The molecule has 44 heavy (non-hydrogen) atoms. The number of para-hydroxylation sites is 1. The molecule has 206 valence electrons. The monoisotopic (exact) mass is 581 g/mol. The van der Waals surface area contributed by atoms with E-state index < -0.39 is 0 Å². The van der Waals surface area contributed by atoms with Gasteiger partial charge in [-0.05, 0) is 81.9 Å². The van der Waals surface area contributed by atoms with Gasteiger partial charge in [0.1, 0.15) is 5.58 Å². The molecule has 0 amide bonds. The van der Waals surface area contributed by atoms with E-state index in [-0.39, 0.29) is 0 Å². The molecule has 9 aromatic rings. The van der Waals surface area contributed by atoms with Crippen LogP contribution in [0.5, 0.6) is 0 Å². The van der Waals surface area contributed by atoms with Gasteiger partial charge in [0.25, 0.3) is 0 Å². The number of nitrogens with zero attached hydrogens (tertiary/aromatic N) is 3. The zero-order valence-electron chi connectivity index (χ0n) is 23.4. The quantitative estimate of drug-likeness (QED) is 0.207. The van der Waals surface area contributed by atoms with Crippen molar-refractivity contribution in [2.24, 2.45) is 0 Å². The Labute approximate surface area is 256 Å². The standard InChI is InChI=1S/C39H23N3OS/c1-4-29(28-21-26(24-10-15-40-16-11-24)20-27(22-28)25-12-17-41-18-13-25)38-34(8-1)35-9-3-7-33(39(35)44-38)32-6-2-5-31-30-14-19-42-23-36(30)43-37(31)32/h1-23H. The van der Waals surface area contributed by atoms with E-state index in [1.165, 1.54) is 36.9 Å². The van der Waals surface area contributed by atoms with Crippen molar-refractivity contribution in [2.75, 3.05) is 0 Å². The van der Waals surface area contributed by atoms with E-state index >= 15 is 0 Å². The average Bonchev–Trinajstić information content (AvgIpc) is 3.68. The lowest BCUT2D eigenvalue weighted by atomic mass is 9.93. The zero-order chi connectivity index (χ0) is 29.0. The van der Waals surface area contributed by atoms with Gasteiger partial charge in [0, 0.05) is 73.1 Å². The molecule has 0 radical (unpaired) electrons. The summed E-state index contributed by atoms with van der Waals surface area (Å²) in [6.45, 7) is 0. The van der Waals surface area contributed by atoms with Crippen molar-refractivity contribution in [1.82, 2.24) is 15.0 Å². The second kappa shape index (κ2) is 9.97. The SMILES string of the molecule is c1cc(-c2cccc3c2sc2c(-c4cc(-c5ccncc5)cc(-c5ccncc5)c4)cccc23)c2oc3cnccc3c2c1. The number of hydrogen-bond donors (Lipinski definition) is 0. The largest absolute Gasteiger partial charge is 0.454 e. The molecule has 0 bridgehead atoms. The molecule has 0 atom stereocenters. The van der Waals surface area contributed by atoms with E-state index in [9.17, 15) is 0 Å². The van der Waals surface area contributed by atoms with Crippen LogP contribution in [0.2, 0.25) is 0 Å². The van der Waals surface area contributed by atoms with Crippen LogP contribution in [0.3, 0.4) is 0 Å². The Balaban J connectivity index is 1.29. The van der Waals surface area contributed by atoms with Crippen molar-refractivity contribution in [3.63, 3.8) is 0 Å². The van der Waals surface area contributed by atoms with Gasteiger partial charge >= 0.3 is 0 Å². The van der Waals surface area contributed by atoms with Gasteiger partial charge in [-0.25, -0.2) is 0 Å². The molecule has 0 N–H and O–H groups in total. The number of thiophene rings is 1. The molecule has 0 aliphatic heterocycles. The van der Waals surface area contributed by atoms with Crippen molar-refractivity contribution in [3.05, 3.63) is 140 Å². The van der Waals surface area contributed by atoms with Crippen LogP contribution in [-0.4, -0.2) is 15.0 Å². The Bertz CT molecular complexity index is 2440.